The van der Waals surface area contributed by atoms with Crippen molar-refractivity contribution in [2.45, 2.75) is 20.0 Å². The zero-order valence-corrected chi connectivity index (χ0v) is 8.90. The van der Waals surface area contributed by atoms with E-state index in [2.05, 4.69) is 39.1 Å². The molecule has 0 aliphatic heterocycles. The molecule has 2 rings (SSSR count). The van der Waals surface area contributed by atoms with Gasteiger partial charge in [0.2, 0.25) is 0 Å². The molecular formula is C10H13N3S. The van der Waals surface area contributed by atoms with Crippen molar-refractivity contribution < 1.29 is 0 Å². The molecule has 0 unspecified atom stereocenters. The summed E-state index contributed by atoms with van der Waals surface area (Å²) in [5.41, 5.74) is 2.18. The molecular weight excluding hydrogens is 194 g/mol. The smallest absolute Gasteiger partial charge is 0.0762 e. The zero-order chi connectivity index (χ0) is 9.80. The number of hydrogen-bond acceptors (Lipinski definition) is 3. The number of nitrogens with zero attached hydrogens (tertiary/aromatic N) is 1. The Bertz CT molecular complexity index is 378. The second-order valence-corrected chi connectivity index (χ2v) is 4.26. The highest BCUT2D eigenvalue weighted by Crippen LogP contribution is 2.07. The normalized spacial score (nSPS) is 10.6. The molecule has 0 aromatic carbocycles. The first-order chi connectivity index (χ1) is 6.84. The van der Waals surface area contributed by atoms with E-state index in [4.69, 9.17) is 0 Å². The lowest BCUT2D eigenvalue weighted by molar-refractivity contribution is 0.684. The third kappa shape index (κ3) is 2.43. The number of nitrogens with one attached hydrogen (secondary N) is 2. The maximum atomic E-state index is 4.15. The molecule has 2 N–H and O–H groups in total. The quantitative estimate of drug-likeness (QED) is 0.805. The van der Waals surface area contributed by atoms with Crippen LogP contribution in [0.4, 0.5) is 0 Å². The van der Waals surface area contributed by atoms with Gasteiger partial charge in [0, 0.05) is 23.7 Å². The second-order valence-electron chi connectivity index (χ2n) is 3.23. The fraction of sp³-hybridized carbons (Fsp3) is 0.300. The van der Waals surface area contributed by atoms with Crippen LogP contribution in [-0.2, 0) is 13.1 Å². The van der Waals surface area contributed by atoms with E-state index in [1.165, 1.54) is 4.88 Å². The van der Waals surface area contributed by atoms with E-state index in [9.17, 15) is 0 Å². The average Bonchev–Trinajstić information content (AvgIpc) is 2.77. The lowest BCUT2D eigenvalue weighted by Crippen LogP contribution is -2.11. The van der Waals surface area contributed by atoms with Crippen molar-refractivity contribution in [2.24, 2.45) is 0 Å². The van der Waals surface area contributed by atoms with E-state index >= 15 is 0 Å². The molecule has 0 atom stereocenters. The lowest BCUT2D eigenvalue weighted by Gasteiger charge is -1.98. The number of hydrogen-bond donors (Lipinski definition) is 2. The summed E-state index contributed by atoms with van der Waals surface area (Å²) < 4.78 is 0. The first kappa shape index (κ1) is 9.43. The third-order valence-electron chi connectivity index (χ3n) is 1.94. The maximum Gasteiger partial charge on any atom is 0.0762 e. The predicted molar refractivity (Wildman–Crippen MR) is 58.2 cm³/mol. The average molecular weight is 207 g/mol. The molecule has 14 heavy (non-hydrogen) atoms. The zero-order valence-electron chi connectivity index (χ0n) is 8.08. The molecule has 4 heteroatoms. The predicted octanol–water partition coefficient (Wildman–Crippen LogP) is 2.07. The number of H-pyrrole nitrogens is 1. The molecule has 0 spiro atoms. The maximum absolute atomic E-state index is 4.15. The summed E-state index contributed by atoms with van der Waals surface area (Å²) in [6.07, 6.45) is 0. The lowest BCUT2D eigenvalue weighted by atomic mass is 10.3. The number of thiophene rings is 1. The molecule has 0 amide bonds. The van der Waals surface area contributed by atoms with Crippen LogP contribution in [0.25, 0.3) is 0 Å². The van der Waals surface area contributed by atoms with Crippen LogP contribution in [0.5, 0.6) is 0 Å². The van der Waals surface area contributed by atoms with Gasteiger partial charge in [0.05, 0.1) is 5.69 Å². The van der Waals surface area contributed by atoms with Gasteiger partial charge in [-0.3, -0.25) is 5.10 Å². The van der Waals surface area contributed by atoms with Gasteiger partial charge in [0.1, 0.15) is 0 Å². The molecule has 0 saturated heterocycles. The van der Waals surface area contributed by atoms with E-state index in [1.807, 2.05) is 6.92 Å². The molecule has 0 bridgehead atoms. The van der Waals surface area contributed by atoms with Gasteiger partial charge in [0.25, 0.3) is 0 Å². The van der Waals surface area contributed by atoms with Crippen LogP contribution in [0, 0.1) is 6.92 Å². The Kier molecular flexibility index (Phi) is 2.96. The Hall–Kier alpha value is -1.13. The molecule has 2 aromatic heterocycles. The molecule has 0 aliphatic carbocycles. The molecule has 3 nitrogen and oxygen atoms in total. The fourth-order valence-corrected chi connectivity index (χ4v) is 1.97. The largest absolute Gasteiger partial charge is 0.306 e. The van der Waals surface area contributed by atoms with Crippen LogP contribution >= 0.6 is 11.3 Å². The van der Waals surface area contributed by atoms with Crippen LogP contribution in [0.3, 0.4) is 0 Å². The summed E-state index contributed by atoms with van der Waals surface area (Å²) in [5, 5.41) is 12.5. The molecule has 0 fully saturated rings. The van der Waals surface area contributed by atoms with E-state index in [0.29, 0.717) is 0 Å². The SMILES string of the molecule is Cc1cc(CNCc2cccs2)n[nH]1. The highest BCUT2D eigenvalue weighted by molar-refractivity contribution is 7.09. The number of aromatic amines is 1. The van der Waals surface area contributed by atoms with Gasteiger partial charge < -0.3 is 5.32 Å². The van der Waals surface area contributed by atoms with Gasteiger partial charge in [-0.05, 0) is 24.4 Å². The molecule has 2 heterocycles. The number of rotatable bonds is 4. The highest BCUT2D eigenvalue weighted by Gasteiger charge is 1.97. The van der Waals surface area contributed by atoms with Crippen molar-refractivity contribution in [1.82, 2.24) is 15.5 Å². The van der Waals surface area contributed by atoms with Gasteiger partial charge >= 0.3 is 0 Å². The standard InChI is InChI=1S/C10H13N3S/c1-8-5-9(13-12-8)6-11-7-10-3-2-4-14-10/h2-5,11H,6-7H2,1H3,(H,12,13). The van der Waals surface area contributed by atoms with Gasteiger partial charge in [-0.15, -0.1) is 11.3 Å². The summed E-state index contributed by atoms with van der Waals surface area (Å²) in [7, 11) is 0. The summed E-state index contributed by atoms with van der Waals surface area (Å²) in [4.78, 5) is 1.36. The Morgan fingerprint density at radius 1 is 1.50 bits per heavy atom. The summed E-state index contributed by atoms with van der Waals surface area (Å²) >= 11 is 1.77. The van der Waals surface area contributed by atoms with Crippen LogP contribution in [0.1, 0.15) is 16.3 Å². The molecule has 0 aliphatic rings. The van der Waals surface area contributed by atoms with Gasteiger partial charge in [-0.2, -0.15) is 5.10 Å². The first-order valence-corrected chi connectivity index (χ1v) is 5.46. The van der Waals surface area contributed by atoms with E-state index in [-0.39, 0.29) is 0 Å². The highest BCUT2D eigenvalue weighted by atomic mass is 32.1. The molecule has 0 saturated carbocycles. The Balaban J connectivity index is 1.78. The van der Waals surface area contributed by atoms with Gasteiger partial charge in [0.15, 0.2) is 0 Å². The summed E-state index contributed by atoms with van der Waals surface area (Å²) in [6.45, 7) is 3.75. The number of aromatic nitrogens is 2. The van der Waals surface area contributed by atoms with Crippen molar-refractivity contribution in [3.8, 4) is 0 Å². The Labute approximate surface area is 87.2 Å². The van der Waals surface area contributed by atoms with Crippen LogP contribution < -0.4 is 5.32 Å². The Morgan fingerprint density at radius 3 is 3.07 bits per heavy atom. The first-order valence-electron chi connectivity index (χ1n) is 4.58. The third-order valence-corrected chi connectivity index (χ3v) is 2.82. The van der Waals surface area contributed by atoms with E-state index < -0.39 is 0 Å². The molecule has 0 radical (unpaired) electrons. The van der Waals surface area contributed by atoms with Crippen molar-refractivity contribution in [2.75, 3.05) is 0 Å². The minimum absolute atomic E-state index is 0.822. The van der Waals surface area contributed by atoms with Gasteiger partial charge in [-0.25, -0.2) is 0 Å². The topological polar surface area (TPSA) is 40.7 Å². The monoisotopic (exact) mass is 207 g/mol. The van der Waals surface area contributed by atoms with E-state index in [1.54, 1.807) is 11.3 Å². The minimum atomic E-state index is 0.822. The van der Waals surface area contributed by atoms with E-state index in [0.717, 1.165) is 24.5 Å². The molecule has 2 aromatic rings. The fourth-order valence-electron chi connectivity index (χ4n) is 1.29. The Morgan fingerprint density at radius 2 is 2.43 bits per heavy atom. The van der Waals surface area contributed by atoms with Crippen molar-refractivity contribution in [1.29, 1.82) is 0 Å². The van der Waals surface area contributed by atoms with Crippen LogP contribution in [-0.4, -0.2) is 10.2 Å². The van der Waals surface area contributed by atoms with Crippen molar-refractivity contribution in [3.63, 3.8) is 0 Å². The number of aryl methyl sites for hydroxylation is 1. The van der Waals surface area contributed by atoms with Crippen molar-refractivity contribution in [3.05, 3.63) is 39.8 Å². The van der Waals surface area contributed by atoms with Crippen LogP contribution in [0.15, 0.2) is 23.6 Å². The van der Waals surface area contributed by atoms with Crippen LogP contribution in [0.2, 0.25) is 0 Å². The summed E-state index contributed by atoms with van der Waals surface area (Å²) in [5.74, 6) is 0. The van der Waals surface area contributed by atoms with Crippen molar-refractivity contribution >= 4 is 11.3 Å². The second kappa shape index (κ2) is 4.39. The van der Waals surface area contributed by atoms with Gasteiger partial charge in [-0.1, -0.05) is 6.07 Å². The minimum Gasteiger partial charge on any atom is -0.306 e. The molecule has 74 valence electrons. The summed E-state index contributed by atoms with van der Waals surface area (Å²) in [6, 6.07) is 6.26.